The normalized spacial score (nSPS) is 10.9. The zero-order chi connectivity index (χ0) is 16.5. The van der Waals surface area contributed by atoms with Crippen molar-refractivity contribution >= 4 is 49.2 Å². The van der Waals surface area contributed by atoms with Gasteiger partial charge in [-0.3, -0.25) is 9.78 Å². The maximum Gasteiger partial charge on any atom is 0.260 e. The molecule has 1 amide bonds. The summed E-state index contributed by atoms with van der Waals surface area (Å²) in [6.07, 6.45) is 3.06. The van der Waals surface area contributed by atoms with Gasteiger partial charge in [-0.05, 0) is 39.5 Å². The predicted molar refractivity (Wildman–Crippen MR) is 95.0 cm³/mol. The number of rotatable bonds is 3. The quantitative estimate of drug-likeness (QED) is 0.552. The van der Waals surface area contributed by atoms with Crippen LogP contribution in [0.1, 0.15) is 10.4 Å². The smallest absolute Gasteiger partial charge is 0.260 e. The van der Waals surface area contributed by atoms with Gasteiger partial charge in [-0.1, -0.05) is 6.07 Å². The molecular formula is C16H9BrN4O2S. The number of nitrogens with one attached hydrogen (secondary N) is 1. The van der Waals surface area contributed by atoms with Crippen molar-refractivity contribution in [1.82, 2.24) is 15.0 Å². The Morgan fingerprint density at radius 2 is 2.17 bits per heavy atom. The number of pyridine rings is 1. The largest absolute Gasteiger partial charge is 0.457 e. The summed E-state index contributed by atoms with van der Waals surface area (Å²) in [5.74, 6) is 0.612. The highest BCUT2D eigenvalue weighted by molar-refractivity contribution is 9.10. The standard InChI is InChI=1S/C16H9BrN4O2S/c17-12-7-9(8-23-12)15(22)20-13-10-4-6-24-16(10)21-14(19-13)11-3-1-2-5-18-11/h1-8H,(H,19,20,21,22). The first-order valence-corrected chi connectivity index (χ1v) is 8.60. The van der Waals surface area contributed by atoms with Crippen LogP contribution in [0, 0.1) is 0 Å². The second-order valence-electron chi connectivity index (χ2n) is 4.84. The van der Waals surface area contributed by atoms with Gasteiger partial charge in [0.05, 0.1) is 10.9 Å². The third-order valence-corrected chi connectivity index (χ3v) is 4.50. The number of aromatic nitrogens is 3. The molecule has 0 atom stereocenters. The molecule has 6 nitrogen and oxygen atoms in total. The second kappa shape index (κ2) is 6.14. The molecule has 0 bridgehead atoms. The molecule has 118 valence electrons. The molecule has 4 heterocycles. The Bertz CT molecular complexity index is 1030. The number of nitrogens with zero attached hydrogens (tertiary/aromatic N) is 3. The van der Waals surface area contributed by atoms with Crippen LogP contribution in [0.3, 0.4) is 0 Å². The number of hydrogen-bond donors (Lipinski definition) is 1. The van der Waals surface area contributed by atoms with Crippen molar-refractivity contribution in [1.29, 1.82) is 0 Å². The van der Waals surface area contributed by atoms with Gasteiger partial charge in [-0.25, -0.2) is 9.97 Å². The topological polar surface area (TPSA) is 80.9 Å². The third-order valence-electron chi connectivity index (χ3n) is 3.28. The molecule has 0 spiro atoms. The van der Waals surface area contributed by atoms with Gasteiger partial charge in [-0.2, -0.15) is 0 Å². The van der Waals surface area contributed by atoms with E-state index in [2.05, 4.69) is 36.2 Å². The number of anilines is 1. The van der Waals surface area contributed by atoms with Gasteiger partial charge in [0.15, 0.2) is 10.5 Å². The lowest BCUT2D eigenvalue weighted by Gasteiger charge is -2.07. The highest BCUT2D eigenvalue weighted by atomic mass is 79.9. The lowest BCUT2D eigenvalue weighted by Crippen LogP contribution is -2.13. The zero-order valence-electron chi connectivity index (χ0n) is 12.1. The summed E-state index contributed by atoms with van der Waals surface area (Å²) >= 11 is 4.66. The van der Waals surface area contributed by atoms with E-state index in [0.717, 1.165) is 10.2 Å². The summed E-state index contributed by atoms with van der Waals surface area (Å²) in [6, 6.07) is 9.00. The maximum absolute atomic E-state index is 12.4. The van der Waals surface area contributed by atoms with Crippen LogP contribution in [0.25, 0.3) is 21.7 Å². The minimum absolute atomic E-state index is 0.303. The fourth-order valence-electron chi connectivity index (χ4n) is 2.17. The molecule has 4 rings (SSSR count). The number of carbonyl (C=O) groups is 1. The molecule has 0 aliphatic rings. The summed E-state index contributed by atoms with van der Waals surface area (Å²) in [5.41, 5.74) is 1.05. The van der Waals surface area contributed by atoms with Gasteiger partial charge in [0.1, 0.15) is 22.6 Å². The highest BCUT2D eigenvalue weighted by Gasteiger charge is 2.15. The lowest BCUT2D eigenvalue weighted by atomic mass is 10.3. The molecule has 8 heteroatoms. The Morgan fingerprint density at radius 1 is 1.25 bits per heavy atom. The molecule has 0 radical (unpaired) electrons. The molecule has 0 aromatic carbocycles. The van der Waals surface area contributed by atoms with E-state index in [1.807, 2.05) is 29.6 Å². The summed E-state index contributed by atoms with van der Waals surface area (Å²) in [6.45, 7) is 0. The van der Waals surface area contributed by atoms with E-state index in [9.17, 15) is 4.79 Å². The average Bonchev–Trinajstić information content (AvgIpc) is 3.24. The number of hydrogen-bond acceptors (Lipinski definition) is 6. The molecule has 0 aliphatic heterocycles. The summed E-state index contributed by atoms with van der Waals surface area (Å²) in [5, 5.41) is 5.51. The van der Waals surface area contributed by atoms with Gasteiger partial charge >= 0.3 is 0 Å². The highest BCUT2D eigenvalue weighted by Crippen LogP contribution is 2.28. The van der Waals surface area contributed by atoms with Crippen LogP contribution in [-0.2, 0) is 0 Å². The van der Waals surface area contributed by atoms with Crippen LogP contribution < -0.4 is 5.32 Å². The fourth-order valence-corrected chi connectivity index (χ4v) is 3.27. The number of thiophene rings is 1. The fraction of sp³-hybridized carbons (Fsp3) is 0. The van der Waals surface area contributed by atoms with Crippen molar-refractivity contribution in [2.24, 2.45) is 0 Å². The number of carbonyl (C=O) groups excluding carboxylic acids is 1. The molecular weight excluding hydrogens is 392 g/mol. The van der Waals surface area contributed by atoms with Crippen LogP contribution in [-0.4, -0.2) is 20.9 Å². The summed E-state index contributed by atoms with van der Waals surface area (Å²) in [7, 11) is 0. The van der Waals surface area contributed by atoms with E-state index in [-0.39, 0.29) is 5.91 Å². The van der Waals surface area contributed by atoms with E-state index >= 15 is 0 Å². The average molecular weight is 401 g/mol. The van der Waals surface area contributed by atoms with E-state index < -0.39 is 0 Å². The third kappa shape index (κ3) is 2.81. The summed E-state index contributed by atoms with van der Waals surface area (Å²) < 4.78 is 5.59. The minimum atomic E-state index is -0.303. The number of furan rings is 1. The maximum atomic E-state index is 12.4. The molecule has 0 saturated carbocycles. The molecule has 24 heavy (non-hydrogen) atoms. The van der Waals surface area contributed by atoms with Gasteiger partial charge in [-0.15, -0.1) is 11.3 Å². The monoisotopic (exact) mass is 400 g/mol. The van der Waals surface area contributed by atoms with Crippen molar-refractivity contribution in [2.75, 3.05) is 5.32 Å². The molecule has 4 aromatic heterocycles. The van der Waals surface area contributed by atoms with Crippen molar-refractivity contribution < 1.29 is 9.21 Å². The van der Waals surface area contributed by atoms with E-state index in [1.165, 1.54) is 17.6 Å². The molecule has 1 N–H and O–H groups in total. The Morgan fingerprint density at radius 3 is 2.92 bits per heavy atom. The van der Waals surface area contributed by atoms with Crippen molar-refractivity contribution in [3.63, 3.8) is 0 Å². The van der Waals surface area contributed by atoms with Crippen LogP contribution in [0.15, 0.2) is 57.3 Å². The van der Waals surface area contributed by atoms with Crippen LogP contribution in [0.2, 0.25) is 0 Å². The summed E-state index contributed by atoms with van der Waals surface area (Å²) in [4.78, 5) is 26.4. The second-order valence-corrected chi connectivity index (χ2v) is 6.52. The number of fused-ring (bicyclic) bond motifs is 1. The van der Waals surface area contributed by atoms with Crippen molar-refractivity contribution in [3.8, 4) is 11.5 Å². The lowest BCUT2D eigenvalue weighted by molar-refractivity contribution is 0.102. The minimum Gasteiger partial charge on any atom is -0.457 e. The van der Waals surface area contributed by atoms with E-state index in [0.29, 0.717) is 27.6 Å². The molecule has 4 aromatic rings. The first-order chi connectivity index (χ1) is 11.7. The van der Waals surface area contributed by atoms with E-state index in [4.69, 9.17) is 4.42 Å². The zero-order valence-corrected chi connectivity index (χ0v) is 14.5. The van der Waals surface area contributed by atoms with Crippen molar-refractivity contribution in [3.05, 3.63) is 58.4 Å². The van der Waals surface area contributed by atoms with Crippen LogP contribution in [0.4, 0.5) is 5.82 Å². The molecule has 0 unspecified atom stereocenters. The SMILES string of the molecule is O=C(Nc1nc(-c2ccccn2)nc2sccc12)c1coc(Br)c1. The van der Waals surface area contributed by atoms with Gasteiger partial charge < -0.3 is 9.73 Å². The Balaban J connectivity index is 1.76. The number of amides is 1. The first kappa shape index (κ1) is 15.0. The van der Waals surface area contributed by atoms with Crippen molar-refractivity contribution in [2.45, 2.75) is 0 Å². The van der Waals surface area contributed by atoms with Crippen LogP contribution in [0.5, 0.6) is 0 Å². The number of halogens is 1. The van der Waals surface area contributed by atoms with Gasteiger partial charge in [0.2, 0.25) is 0 Å². The van der Waals surface area contributed by atoms with E-state index in [1.54, 1.807) is 12.3 Å². The van der Waals surface area contributed by atoms with Gasteiger partial charge in [0.25, 0.3) is 5.91 Å². The van der Waals surface area contributed by atoms with Gasteiger partial charge in [0, 0.05) is 12.3 Å². The molecule has 0 fully saturated rings. The molecule has 0 aliphatic carbocycles. The Kier molecular flexibility index (Phi) is 3.83. The van der Waals surface area contributed by atoms with Crippen LogP contribution >= 0.6 is 27.3 Å². The first-order valence-electron chi connectivity index (χ1n) is 6.93. The molecule has 0 saturated heterocycles. The predicted octanol–water partition coefficient (Wildman–Crippen LogP) is 4.36. The Labute approximate surface area is 148 Å². The Hall–Kier alpha value is -2.58.